The topological polar surface area (TPSA) is 62.3 Å². The molecule has 1 aromatic heterocycles. The molecule has 0 aromatic carbocycles. The van der Waals surface area contributed by atoms with Crippen molar-refractivity contribution in [2.45, 2.75) is 70.3 Å². The molecule has 4 rings (SSSR count). The van der Waals surface area contributed by atoms with Crippen molar-refractivity contribution < 1.29 is 9.59 Å². The molecule has 0 bridgehead atoms. The molecule has 1 saturated carbocycles. The first-order chi connectivity index (χ1) is 12.2. The minimum Gasteiger partial charge on any atom is -0.355 e. The molecule has 1 atom stereocenters. The summed E-state index contributed by atoms with van der Waals surface area (Å²) < 4.78 is 0. The van der Waals surface area contributed by atoms with E-state index in [0.717, 1.165) is 30.7 Å². The van der Waals surface area contributed by atoms with Gasteiger partial charge in [0.25, 0.3) is 0 Å². The van der Waals surface area contributed by atoms with Crippen LogP contribution in [0.4, 0.5) is 0 Å². The first-order valence-corrected chi connectivity index (χ1v) is 10.6. The lowest BCUT2D eigenvalue weighted by atomic mass is 10.0. The number of rotatable bonds is 5. The number of nitrogens with zero attached hydrogens (tertiary/aromatic N) is 2. The molecule has 1 aromatic rings. The second kappa shape index (κ2) is 7.44. The minimum atomic E-state index is -0.169. The maximum atomic E-state index is 12.4. The van der Waals surface area contributed by atoms with E-state index in [0.29, 0.717) is 25.6 Å². The number of aromatic nitrogens is 1. The maximum Gasteiger partial charge on any atom is 0.225 e. The Labute approximate surface area is 153 Å². The molecule has 2 fully saturated rings. The Kier molecular flexibility index (Phi) is 5.06. The van der Waals surface area contributed by atoms with Gasteiger partial charge < -0.3 is 10.2 Å². The van der Waals surface area contributed by atoms with E-state index >= 15 is 0 Å². The van der Waals surface area contributed by atoms with Crippen molar-refractivity contribution in [3.8, 4) is 0 Å². The molecule has 5 nitrogen and oxygen atoms in total. The zero-order chi connectivity index (χ0) is 17.2. The van der Waals surface area contributed by atoms with E-state index in [-0.39, 0.29) is 17.7 Å². The molecule has 136 valence electrons. The quantitative estimate of drug-likeness (QED) is 0.876. The van der Waals surface area contributed by atoms with Crippen LogP contribution >= 0.6 is 11.3 Å². The standard InChI is InChI=1S/C19H27N3O2S/c23-18-11-13(12-22(18)14-5-1-2-6-14)19(24)20-10-9-17-21-15-7-3-4-8-16(15)25-17/h13-14H,1-12H2,(H,20,24)/t13-/m0/s1. The highest BCUT2D eigenvalue weighted by molar-refractivity contribution is 7.11. The molecule has 1 N–H and O–H groups in total. The van der Waals surface area contributed by atoms with Gasteiger partial charge in [-0.05, 0) is 38.5 Å². The SMILES string of the molecule is O=C(NCCc1nc2c(s1)CCCC2)[C@H]1CC(=O)N(C2CCCC2)C1. The Morgan fingerprint density at radius 2 is 2.00 bits per heavy atom. The molecule has 2 aliphatic carbocycles. The summed E-state index contributed by atoms with van der Waals surface area (Å²) in [5, 5.41) is 4.17. The number of aryl methyl sites for hydroxylation is 2. The van der Waals surface area contributed by atoms with Crippen molar-refractivity contribution in [1.82, 2.24) is 15.2 Å². The molecule has 0 radical (unpaired) electrons. The van der Waals surface area contributed by atoms with Crippen molar-refractivity contribution in [3.05, 3.63) is 15.6 Å². The molecule has 6 heteroatoms. The van der Waals surface area contributed by atoms with E-state index in [9.17, 15) is 9.59 Å². The van der Waals surface area contributed by atoms with Gasteiger partial charge in [0.05, 0.1) is 16.6 Å². The van der Waals surface area contributed by atoms with Crippen molar-refractivity contribution >= 4 is 23.2 Å². The van der Waals surface area contributed by atoms with Crippen LogP contribution in [0, 0.1) is 5.92 Å². The average molecular weight is 362 g/mol. The van der Waals surface area contributed by atoms with Crippen molar-refractivity contribution in [2.75, 3.05) is 13.1 Å². The number of amides is 2. The van der Waals surface area contributed by atoms with E-state index < -0.39 is 0 Å². The fourth-order valence-corrected chi connectivity index (χ4v) is 5.58. The summed E-state index contributed by atoms with van der Waals surface area (Å²) in [6.07, 6.45) is 10.6. The fourth-order valence-electron chi connectivity index (χ4n) is 4.43. The molecular weight excluding hydrogens is 334 g/mol. The molecule has 0 spiro atoms. The van der Waals surface area contributed by atoms with E-state index in [1.165, 1.54) is 42.7 Å². The number of carbonyl (C=O) groups is 2. The van der Waals surface area contributed by atoms with Crippen LogP contribution in [0.3, 0.4) is 0 Å². The number of nitrogens with one attached hydrogen (secondary N) is 1. The Morgan fingerprint density at radius 3 is 2.80 bits per heavy atom. The highest BCUT2D eigenvalue weighted by Crippen LogP contribution is 2.30. The first-order valence-electron chi connectivity index (χ1n) is 9.75. The van der Waals surface area contributed by atoms with Crippen molar-refractivity contribution in [2.24, 2.45) is 5.92 Å². The van der Waals surface area contributed by atoms with Gasteiger partial charge >= 0.3 is 0 Å². The first kappa shape index (κ1) is 17.0. The molecule has 0 unspecified atom stereocenters. The van der Waals surface area contributed by atoms with Gasteiger partial charge in [0.15, 0.2) is 0 Å². The van der Waals surface area contributed by atoms with Crippen LogP contribution in [0.5, 0.6) is 0 Å². The van der Waals surface area contributed by atoms with E-state index in [1.807, 2.05) is 16.2 Å². The van der Waals surface area contributed by atoms with Crippen LogP contribution < -0.4 is 5.32 Å². The summed E-state index contributed by atoms with van der Waals surface area (Å²) in [6.45, 7) is 1.24. The highest BCUT2D eigenvalue weighted by Gasteiger charge is 2.38. The predicted molar refractivity (Wildman–Crippen MR) is 97.5 cm³/mol. The van der Waals surface area contributed by atoms with Crippen LogP contribution in [-0.4, -0.2) is 40.8 Å². The van der Waals surface area contributed by atoms with Gasteiger partial charge in [-0.3, -0.25) is 9.59 Å². The molecule has 1 saturated heterocycles. The lowest BCUT2D eigenvalue weighted by molar-refractivity contribution is -0.130. The van der Waals surface area contributed by atoms with Crippen LogP contribution in [0.25, 0.3) is 0 Å². The van der Waals surface area contributed by atoms with Gasteiger partial charge in [-0.2, -0.15) is 0 Å². The number of likely N-dealkylation sites (tertiary alicyclic amines) is 1. The van der Waals surface area contributed by atoms with Crippen molar-refractivity contribution in [1.29, 1.82) is 0 Å². The Hall–Kier alpha value is -1.43. The molecule has 3 aliphatic rings. The molecule has 25 heavy (non-hydrogen) atoms. The maximum absolute atomic E-state index is 12.4. The van der Waals surface area contributed by atoms with Crippen LogP contribution in [-0.2, 0) is 28.9 Å². The van der Waals surface area contributed by atoms with Crippen LogP contribution in [0.2, 0.25) is 0 Å². The summed E-state index contributed by atoms with van der Waals surface area (Å²) in [5.41, 5.74) is 1.28. The predicted octanol–water partition coefficient (Wildman–Crippen LogP) is 2.47. The van der Waals surface area contributed by atoms with Crippen LogP contribution in [0.1, 0.15) is 60.5 Å². The summed E-state index contributed by atoms with van der Waals surface area (Å²) >= 11 is 1.81. The lowest BCUT2D eigenvalue weighted by Crippen LogP contribution is -2.37. The lowest BCUT2D eigenvalue weighted by Gasteiger charge is -2.23. The third kappa shape index (κ3) is 3.73. The molecule has 1 aliphatic heterocycles. The smallest absolute Gasteiger partial charge is 0.225 e. The molecular formula is C19H27N3O2S. The second-order valence-corrected chi connectivity index (χ2v) is 8.78. The number of hydrogen-bond donors (Lipinski definition) is 1. The third-order valence-electron chi connectivity index (χ3n) is 5.82. The monoisotopic (exact) mass is 361 g/mol. The highest BCUT2D eigenvalue weighted by atomic mass is 32.1. The van der Waals surface area contributed by atoms with Crippen molar-refractivity contribution in [3.63, 3.8) is 0 Å². The number of carbonyl (C=O) groups excluding carboxylic acids is 2. The summed E-state index contributed by atoms with van der Waals surface area (Å²) in [7, 11) is 0. The number of fused-ring (bicyclic) bond motifs is 1. The Balaban J connectivity index is 1.25. The third-order valence-corrected chi connectivity index (χ3v) is 7.04. The van der Waals surface area contributed by atoms with E-state index in [1.54, 1.807) is 0 Å². The Morgan fingerprint density at radius 1 is 1.20 bits per heavy atom. The van der Waals surface area contributed by atoms with Gasteiger partial charge in [0, 0.05) is 36.9 Å². The van der Waals surface area contributed by atoms with Gasteiger partial charge in [-0.15, -0.1) is 11.3 Å². The summed E-state index contributed by atoms with van der Waals surface area (Å²) in [5.74, 6) is 0.0346. The van der Waals surface area contributed by atoms with Gasteiger partial charge in [-0.1, -0.05) is 12.8 Å². The fraction of sp³-hybridized carbons (Fsp3) is 0.737. The average Bonchev–Trinajstić information content (AvgIpc) is 3.33. The summed E-state index contributed by atoms with van der Waals surface area (Å²) in [6, 6.07) is 0.381. The zero-order valence-corrected chi connectivity index (χ0v) is 15.6. The number of hydrogen-bond acceptors (Lipinski definition) is 4. The number of thiazole rings is 1. The van der Waals surface area contributed by atoms with E-state index in [2.05, 4.69) is 5.32 Å². The van der Waals surface area contributed by atoms with Gasteiger partial charge in [-0.25, -0.2) is 4.98 Å². The van der Waals surface area contributed by atoms with Gasteiger partial charge in [0.1, 0.15) is 0 Å². The van der Waals surface area contributed by atoms with Crippen LogP contribution in [0.15, 0.2) is 0 Å². The van der Waals surface area contributed by atoms with Gasteiger partial charge in [0.2, 0.25) is 11.8 Å². The second-order valence-electron chi connectivity index (χ2n) is 7.61. The summed E-state index contributed by atoms with van der Waals surface area (Å²) in [4.78, 5) is 32.8. The largest absolute Gasteiger partial charge is 0.355 e. The Bertz CT molecular complexity index is 628. The molecule has 2 heterocycles. The molecule has 2 amide bonds. The normalized spacial score (nSPS) is 23.9. The minimum absolute atomic E-state index is 0.0372. The zero-order valence-electron chi connectivity index (χ0n) is 14.8. The van der Waals surface area contributed by atoms with E-state index in [4.69, 9.17) is 4.98 Å².